The summed E-state index contributed by atoms with van der Waals surface area (Å²) in [5, 5.41) is 2.86. The van der Waals surface area contributed by atoms with E-state index in [0.29, 0.717) is 25.1 Å². The van der Waals surface area contributed by atoms with E-state index in [1.165, 1.54) is 0 Å². The van der Waals surface area contributed by atoms with Crippen LogP contribution < -0.4 is 10.1 Å². The van der Waals surface area contributed by atoms with E-state index in [4.69, 9.17) is 4.74 Å². The minimum atomic E-state index is -0.00650. The standard InChI is InChI=1S/C22H25N3O3/c1-24-11-12-25(20(14-24)16-5-3-2-4-6-16)22(27)15-28-18-8-9-19-17(13-18)7-10-21(26)23-19/h2-6,8-9,13,20H,7,10-12,14-15H2,1H3,(H,23,26)/t20-/m1/s1. The molecule has 2 aromatic carbocycles. The van der Waals surface area contributed by atoms with Crippen molar-refractivity contribution in [3.05, 3.63) is 59.7 Å². The second-order valence-corrected chi connectivity index (χ2v) is 7.43. The number of hydrogen-bond donors (Lipinski definition) is 1. The highest BCUT2D eigenvalue weighted by Gasteiger charge is 2.30. The van der Waals surface area contributed by atoms with Crippen molar-refractivity contribution in [3.63, 3.8) is 0 Å². The van der Waals surface area contributed by atoms with Crippen LogP contribution >= 0.6 is 0 Å². The topological polar surface area (TPSA) is 61.9 Å². The third kappa shape index (κ3) is 4.02. The zero-order chi connectivity index (χ0) is 19.5. The fraction of sp³-hybridized carbons (Fsp3) is 0.364. The van der Waals surface area contributed by atoms with Crippen molar-refractivity contribution in [2.75, 3.05) is 38.6 Å². The average Bonchev–Trinajstić information content (AvgIpc) is 2.72. The van der Waals surface area contributed by atoms with Gasteiger partial charge in [-0.25, -0.2) is 0 Å². The first-order chi connectivity index (χ1) is 13.6. The normalized spacial score (nSPS) is 19.7. The molecule has 146 valence electrons. The summed E-state index contributed by atoms with van der Waals surface area (Å²) >= 11 is 0. The van der Waals surface area contributed by atoms with Gasteiger partial charge in [0.15, 0.2) is 6.61 Å². The van der Waals surface area contributed by atoms with Crippen molar-refractivity contribution >= 4 is 17.5 Å². The van der Waals surface area contributed by atoms with Crippen molar-refractivity contribution in [1.82, 2.24) is 9.80 Å². The van der Waals surface area contributed by atoms with Crippen LogP contribution in [0.5, 0.6) is 5.75 Å². The summed E-state index contributed by atoms with van der Waals surface area (Å²) in [6.07, 6.45) is 1.18. The maximum absolute atomic E-state index is 12.9. The second-order valence-electron chi connectivity index (χ2n) is 7.43. The smallest absolute Gasteiger partial charge is 0.261 e. The Morgan fingerprint density at radius 2 is 1.96 bits per heavy atom. The lowest BCUT2D eigenvalue weighted by molar-refractivity contribution is -0.138. The summed E-state index contributed by atoms with van der Waals surface area (Å²) in [5.74, 6) is 0.694. The quantitative estimate of drug-likeness (QED) is 0.887. The van der Waals surface area contributed by atoms with E-state index >= 15 is 0 Å². The molecule has 0 saturated carbocycles. The Morgan fingerprint density at radius 1 is 1.14 bits per heavy atom. The number of carbonyl (C=O) groups excluding carboxylic acids is 2. The molecule has 2 aromatic rings. The number of carbonyl (C=O) groups is 2. The molecule has 2 heterocycles. The summed E-state index contributed by atoms with van der Waals surface area (Å²) in [6, 6.07) is 15.8. The number of rotatable bonds is 4. The highest BCUT2D eigenvalue weighted by atomic mass is 16.5. The van der Waals surface area contributed by atoms with Gasteiger partial charge in [-0.05, 0) is 42.8 Å². The molecule has 0 aromatic heterocycles. The number of likely N-dealkylation sites (N-methyl/N-ethyl adjacent to an activating group) is 1. The summed E-state index contributed by atoms with van der Waals surface area (Å²) < 4.78 is 5.81. The molecule has 0 radical (unpaired) electrons. The molecule has 0 unspecified atom stereocenters. The molecule has 1 atom stereocenters. The van der Waals surface area contributed by atoms with E-state index < -0.39 is 0 Å². The lowest BCUT2D eigenvalue weighted by Crippen LogP contribution is -2.50. The fourth-order valence-electron chi connectivity index (χ4n) is 3.86. The Kier molecular flexibility index (Phi) is 5.30. The Morgan fingerprint density at radius 3 is 2.79 bits per heavy atom. The lowest BCUT2D eigenvalue weighted by Gasteiger charge is -2.40. The third-order valence-corrected chi connectivity index (χ3v) is 5.42. The van der Waals surface area contributed by atoms with Crippen molar-refractivity contribution in [2.24, 2.45) is 0 Å². The Bertz CT molecular complexity index is 869. The number of nitrogens with one attached hydrogen (secondary N) is 1. The highest BCUT2D eigenvalue weighted by Crippen LogP contribution is 2.28. The van der Waals surface area contributed by atoms with Crippen molar-refractivity contribution in [2.45, 2.75) is 18.9 Å². The largest absolute Gasteiger partial charge is 0.484 e. The first-order valence-electron chi connectivity index (χ1n) is 9.69. The summed E-state index contributed by atoms with van der Waals surface area (Å²) in [7, 11) is 2.08. The predicted molar refractivity (Wildman–Crippen MR) is 107 cm³/mol. The molecule has 0 bridgehead atoms. The monoisotopic (exact) mass is 379 g/mol. The van der Waals surface area contributed by atoms with Gasteiger partial charge in [-0.3, -0.25) is 9.59 Å². The summed E-state index contributed by atoms with van der Waals surface area (Å²) in [6.45, 7) is 2.37. The zero-order valence-corrected chi connectivity index (χ0v) is 16.1. The van der Waals surface area contributed by atoms with Crippen LogP contribution in [0.15, 0.2) is 48.5 Å². The van der Waals surface area contributed by atoms with E-state index in [2.05, 4.69) is 29.4 Å². The minimum Gasteiger partial charge on any atom is -0.484 e. The molecule has 6 nitrogen and oxygen atoms in total. The van der Waals surface area contributed by atoms with E-state index in [9.17, 15) is 9.59 Å². The number of ether oxygens (including phenoxy) is 1. The number of amides is 2. The van der Waals surface area contributed by atoms with Gasteiger partial charge >= 0.3 is 0 Å². The molecule has 1 N–H and O–H groups in total. The van der Waals surface area contributed by atoms with Crippen LogP contribution in [0.2, 0.25) is 0 Å². The Hall–Kier alpha value is -2.86. The maximum atomic E-state index is 12.9. The molecule has 6 heteroatoms. The number of piperazine rings is 1. The molecule has 0 spiro atoms. The van der Waals surface area contributed by atoms with Crippen LogP contribution in [0.4, 0.5) is 5.69 Å². The van der Waals surface area contributed by atoms with Crippen LogP contribution in [0.3, 0.4) is 0 Å². The minimum absolute atomic E-state index is 0.00650. The van der Waals surface area contributed by atoms with Gasteiger partial charge in [0.2, 0.25) is 5.91 Å². The SMILES string of the molecule is CN1CCN(C(=O)COc2ccc3c(c2)CCC(=O)N3)[C@@H](c2ccccc2)C1. The summed E-state index contributed by atoms with van der Waals surface area (Å²) in [4.78, 5) is 28.6. The van der Waals surface area contributed by atoms with Gasteiger partial charge in [-0.1, -0.05) is 30.3 Å². The number of hydrogen-bond acceptors (Lipinski definition) is 4. The van der Waals surface area contributed by atoms with Crippen molar-refractivity contribution in [3.8, 4) is 5.75 Å². The second kappa shape index (κ2) is 8.02. The van der Waals surface area contributed by atoms with E-state index in [1.807, 2.05) is 35.2 Å². The van der Waals surface area contributed by atoms with Gasteiger partial charge < -0.3 is 19.9 Å². The van der Waals surface area contributed by atoms with Gasteiger partial charge in [-0.15, -0.1) is 0 Å². The number of aryl methyl sites for hydroxylation is 1. The molecule has 0 aliphatic carbocycles. The van der Waals surface area contributed by atoms with Gasteiger partial charge in [0.1, 0.15) is 5.75 Å². The average molecular weight is 379 g/mol. The van der Waals surface area contributed by atoms with Crippen LogP contribution in [-0.2, 0) is 16.0 Å². The maximum Gasteiger partial charge on any atom is 0.261 e. The van der Waals surface area contributed by atoms with Gasteiger partial charge in [0.05, 0.1) is 6.04 Å². The molecule has 2 amide bonds. The number of anilines is 1. The third-order valence-electron chi connectivity index (χ3n) is 5.42. The summed E-state index contributed by atoms with van der Waals surface area (Å²) in [5.41, 5.74) is 3.02. The van der Waals surface area contributed by atoms with Crippen LogP contribution in [0.25, 0.3) is 0 Å². The van der Waals surface area contributed by atoms with E-state index in [0.717, 1.165) is 29.9 Å². The molecular weight excluding hydrogens is 354 g/mol. The van der Waals surface area contributed by atoms with Crippen LogP contribution in [0.1, 0.15) is 23.6 Å². The molecule has 1 fully saturated rings. The first-order valence-corrected chi connectivity index (χ1v) is 9.69. The Balaban J connectivity index is 1.43. The Labute approximate surface area is 165 Å². The first kappa shape index (κ1) is 18.5. The van der Waals surface area contributed by atoms with Crippen molar-refractivity contribution in [1.29, 1.82) is 0 Å². The van der Waals surface area contributed by atoms with Crippen LogP contribution in [-0.4, -0.2) is 54.9 Å². The van der Waals surface area contributed by atoms with Crippen LogP contribution in [0, 0.1) is 0 Å². The number of benzene rings is 2. The van der Waals surface area contributed by atoms with Gasteiger partial charge in [-0.2, -0.15) is 0 Å². The lowest BCUT2D eigenvalue weighted by atomic mass is 10.0. The van der Waals surface area contributed by atoms with Crippen molar-refractivity contribution < 1.29 is 14.3 Å². The van der Waals surface area contributed by atoms with E-state index in [1.54, 1.807) is 6.07 Å². The molecule has 1 saturated heterocycles. The zero-order valence-electron chi connectivity index (χ0n) is 16.1. The van der Waals surface area contributed by atoms with Gasteiger partial charge in [0.25, 0.3) is 5.91 Å². The predicted octanol–water partition coefficient (Wildman–Crippen LogP) is 2.47. The van der Waals surface area contributed by atoms with Gasteiger partial charge in [0, 0.05) is 31.7 Å². The molecule has 2 aliphatic rings. The number of fused-ring (bicyclic) bond motifs is 1. The molecular formula is C22H25N3O3. The van der Waals surface area contributed by atoms with E-state index in [-0.39, 0.29) is 24.5 Å². The molecule has 4 rings (SSSR count). The molecule has 28 heavy (non-hydrogen) atoms. The molecule has 2 aliphatic heterocycles. The number of nitrogens with zero attached hydrogens (tertiary/aromatic N) is 2. The highest BCUT2D eigenvalue weighted by molar-refractivity contribution is 5.94. The fourth-order valence-corrected chi connectivity index (χ4v) is 3.86.